The van der Waals surface area contributed by atoms with Gasteiger partial charge < -0.3 is 31.9 Å². The predicted octanol–water partition coefficient (Wildman–Crippen LogP) is 14.1. The number of Topliss-reactive ketones (excluding diaryl/α,β-unsaturated/α-hetero) is 3. The second-order valence-electron chi connectivity index (χ2n) is 28.9. The van der Waals surface area contributed by atoms with Gasteiger partial charge in [-0.15, -0.1) is 0 Å². The van der Waals surface area contributed by atoms with Crippen LogP contribution in [0.2, 0.25) is 0 Å². The molecule has 0 spiro atoms. The van der Waals surface area contributed by atoms with E-state index in [1.807, 2.05) is 93.8 Å². The molecule has 6 aromatic carbocycles. The molecule has 0 radical (unpaired) electrons. The highest BCUT2D eigenvalue weighted by molar-refractivity contribution is 6.02. The molecule has 24 nitrogen and oxygen atoms in total. The molecule has 12 aromatic rings. The van der Waals surface area contributed by atoms with Crippen LogP contribution in [0, 0.1) is 38.2 Å². The molecule has 0 aliphatic carbocycles. The molecule has 15 rings (SSSR count). The Bertz CT molecular complexity index is 5500. The van der Waals surface area contributed by atoms with E-state index in [4.69, 9.17) is 32.5 Å². The third kappa shape index (κ3) is 17.3. The van der Waals surface area contributed by atoms with Gasteiger partial charge in [-0.1, -0.05) is 122 Å². The van der Waals surface area contributed by atoms with E-state index in [2.05, 4.69) is 49.6 Å². The number of piperidine rings is 3. The Kier molecular flexibility index (Phi) is 24.2. The minimum Gasteiger partial charge on any atom is -0.383 e. The van der Waals surface area contributed by atoms with Gasteiger partial charge in [-0.2, -0.15) is 15.3 Å². The summed E-state index contributed by atoms with van der Waals surface area (Å²) < 4.78 is 48.1. The average Bonchev–Trinajstić information content (AvgIpc) is 1.62. The van der Waals surface area contributed by atoms with Gasteiger partial charge in [0.25, 0.3) is 0 Å². The van der Waals surface area contributed by atoms with Gasteiger partial charge >= 0.3 is 0 Å². The fourth-order valence-electron chi connectivity index (χ4n) is 15.0. The molecule has 3 aliphatic rings. The maximum atomic E-state index is 14.3. The van der Waals surface area contributed by atoms with Crippen LogP contribution in [0.1, 0.15) is 140 Å². The number of hydrogen-bond donors (Lipinski definition) is 3. The second kappa shape index (κ2) is 35.0. The summed E-state index contributed by atoms with van der Waals surface area (Å²) in [6.45, 7) is 19.7. The molecule has 114 heavy (non-hydrogen) atoms. The molecule has 0 saturated carbocycles. The number of likely N-dealkylation sites (tertiary alicyclic amines) is 3. The van der Waals surface area contributed by atoms with Gasteiger partial charge in [-0.25, -0.2) is 57.1 Å². The number of halogens is 3. The number of fused-ring (bicyclic) bond motifs is 3. The second-order valence-corrected chi connectivity index (χ2v) is 28.9. The quantitative estimate of drug-likeness (QED) is 0.0444. The number of rotatable bonds is 21. The summed E-state index contributed by atoms with van der Waals surface area (Å²) in [4.78, 5) is 106. The molecule has 3 fully saturated rings. The number of amides is 3. The first-order chi connectivity index (χ1) is 55.1. The van der Waals surface area contributed by atoms with Gasteiger partial charge in [0.1, 0.15) is 71.0 Å². The smallest absolute Gasteiger partial charge is 0.246 e. The first kappa shape index (κ1) is 78.9. The summed E-state index contributed by atoms with van der Waals surface area (Å²) in [5.74, 6) is -1.39. The highest BCUT2D eigenvalue weighted by Gasteiger charge is 2.32. The third-order valence-electron chi connectivity index (χ3n) is 21.2. The molecule has 582 valence electrons. The zero-order chi connectivity index (χ0) is 80.4. The van der Waals surface area contributed by atoms with Crippen molar-refractivity contribution in [2.45, 2.75) is 116 Å². The van der Waals surface area contributed by atoms with Crippen LogP contribution in [-0.4, -0.2) is 148 Å². The Morgan fingerprint density at radius 1 is 0.421 bits per heavy atom. The molecule has 6 aromatic heterocycles. The molecule has 3 amide bonds. The van der Waals surface area contributed by atoms with Crippen molar-refractivity contribution in [2.75, 3.05) is 56.5 Å². The molecular weight excluding hydrogens is 1450 g/mol. The Morgan fingerprint density at radius 3 is 1.14 bits per heavy atom. The van der Waals surface area contributed by atoms with Crippen molar-refractivity contribution in [2.24, 2.45) is 0 Å². The third-order valence-corrected chi connectivity index (χ3v) is 21.2. The van der Waals surface area contributed by atoms with Crippen LogP contribution in [0.15, 0.2) is 184 Å². The highest BCUT2D eigenvalue weighted by Crippen LogP contribution is 2.38. The molecule has 9 heterocycles. The Balaban J connectivity index is 0.000000149. The first-order valence-electron chi connectivity index (χ1n) is 37.9. The largest absolute Gasteiger partial charge is 0.383 e. The monoisotopic (exact) mass is 1540 g/mol. The normalized spacial score (nSPS) is 15.5. The summed E-state index contributed by atoms with van der Waals surface area (Å²) in [5, 5.41) is 16.7. The summed E-state index contributed by atoms with van der Waals surface area (Å²) in [6.07, 6.45) is 15.5. The van der Waals surface area contributed by atoms with Gasteiger partial charge in [-0.05, 0) is 155 Å². The Morgan fingerprint density at radius 2 is 0.772 bits per heavy atom. The average molecular weight is 1540 g/mol. The van der Waals surface area contributed by atoms with Gasteiger partial charge in [0, 0.05) is 75.2 Å². The first-order valence-corrected chi connectivity index (χ1v) is 37.9. The van der Waals surface area contributed by atoms with Gasteiger partial charge in [-0.3, -0.25) is 28.8 Å². The van der Waals surface area contributed by atoms with Crippen molar-refractivity contribution in [1.29, 1.82) is 0 Å². The number of nitrogens with zero attached hydrogens (tertiary/aromatic N) is 15. The molecule has 3 atom stereocenters. The van der Waals surface area contributed by atoms with Crippen LogP contribution in [0.3, 0.4) is 0 Å². The van der Waals surface area contributed by atoms with Gasteiger partial charge in [0.15, 0.2) is 34.3 Å². The Labute approximate surface area is 656 Å². The van der Waals surface area contributed by atoms with Crippen LogP contribution in [0.4, 0.5) is 30.6 Å². The summed E-state index contributed by atoms with van der Waals surface area (Å²) in [6, 6.07) is 37.2. The minimum atomic E-state index is -0.492. The summed E-state index contributed by atoms with van der Waals surface area (Å²) in [7, 11) is 0. The van der Waals surface area contributed by atoms with Crippen molar-refractivity contribution >= 4 is 85.6 Å². The van der Waals surface area contributed by atoms with Crippen LogP contribution in [0.25, 0.3) is 66.9 Å². The topological polar surface area (TPSA) is 321 Å². The van der Waals surface area contributed by atoms with E-state index in [1.165, 1.54) is 55.4 Å². The molecule has 27 heteroatoms. The van der Waals surface area contributed by atoms with E-state index < -0.39 is 17.5 Å². The van der Waals surface area contributed by atoms with Crippen LogP contribution >= 0.6 is 0 Å². The van der Waals surface area contributed by atoms with E-state index in [9.17, 15) is 41.9 Å². The zero-order valence-electron chi connectivity index (χ0n) is 63.7. The lowest BCUT2D eigenvalue weighted by Gasteiger charge is -2.32. The number of carbonyl (C=O) groups is 6. The molecule has 6 N–H and O–H groups in total. The SMILES string of the molecule is C=CC(=O)N1CCC[C@@H](n2nc(-c3ccc(CCC(=O)c4cc(C)ccc4F)cc3)c3c(N)ncnc32)C1.C=CC(=O)N1CCC[C@@H](n2nc(-c3ccc(CCC(=O)c4ccc(C)cc4F)cc3)c3c(N)ncnc32)C1.C=CC(=O)N1CCC[C@@H](n2nc(-c3ccc(CCC(=O)c4cccc(C)c4F)cc3)c3c(N)ncnc32)C1. The number of hydrogen-bond acceptors (Lipinski definition) is 18. The van der Waals surface area contributed by atoms with E-state index in [1.54, 1.807) is 64.9 Å². The lowest BCUT2D eigenvalue weighted by Crippen LogP contribution is -2.40. The molecule has 3 aliphatic heterocycles. The predicted molar refractivity (Wildman–Crippen MR) is 432 cm³/mol. The molecule has 0 unspecified atom stereocenters. The fraction of sp³-hybridized carbons (Fsp3) is 0.276. The maximum absolute atomic E-state index is 14.3. The lowest BCUT2D eigenvalue weighted by molar-refractivity contribution is -0.128. The maximum Gasteiger partial charge on any atom is 0.246 e. The number of anilines is 3. The summed E-state index contributed by atoms with van der Waals surface area (Å²) >= 11 is 0. The fourth-order valence-corrected chi connectivity index (χ4v) is 15.0. The minimum absolute atomic E-state index is 0.0503. The van der Waals surface area contributed by atoms with Crippen LogP contribution < -0.4 is 17.2 Å². The number of aryl methyl sites for hydroxylation is 6. The van der Waals surface area contributed by atoms with Crippen molar-refractivity contribution in [3.8, 4) is 33.8 Å². The summed E-state index contributed by atoms with van der Waals surface area (Å²) in [5.41, 5.74) is 30.5. The van der Waals surface area contributed by atoms with Crippen molar-refractivity contribution in [3.63, 3.8) is 0 Å². The van der Waals surface area contributed by atoms with Crippen molar-refractivity contribution in [1.82, 2.24) is 73.9 Å². The van der Waals surface area contributed by atoms with Crippen molar-refractivity contribution in [3.05, 3.63) is 252 Å². The molecule has 0 bridgehead atoms. The molecular formula is C87H87F3N18O6. The number of ketones is 3. The highest BCUT2D eigenvalue weighted by atomic mass is 19.1. The zero-order valence-corrected chi connectivity index (χ0v) is 63.7. The van der Waals surface area contributed by atoms with E-state index in [0.717, 1.165) is 83.0 Å². The molecule has 3 saturated heterocycles. The van der Waals surface area contributed by atoms with E-state index >= 15 is 0 Å². The van der Waals surface area contributed by atoms with E-state index in [0.29, 0.717) is 132 Å². The van der Waals surface area contributed by atoms with E-state index in [-0.39, 0.29) is 89.1 Å². The van der Waals surface area contributed by atoms with Gasteiger partial charge in [0.05, 0.1) is 51.0 Å². The Hall–Kier alpha value is -13.2. The standard InChI is InChI=1S/3C29H29FN6O2/c1-3-24(38)35-15-5-7-21(16-35)36-29-25(28(31)32-17-33-29)27(34-36)20-12-9-19(10-13-20)11-14-23(37)22-8-4-6-18(2)26(22)30;1-3-25(38)35-14-4-5-21(16-35)36-29-26(28(31)32-17-33-29)27(34-36)20-10-7-19(8-11-20)9-13-24(37)22-15-18(2)6-12-23(22)30;1-3-25(38)35-14-4-5-21(16-35)36-29-26(28(31)32-17-33-29)27(34-36)20-10-7-19(8-11-20)9-13-24(37)22-12-6-18(2)15-23(22)30/h3-4,6,8-10,12-13,17,21H,1,5,7,11,14-16H2,2H3,(H2,31,32,33);2*3,6-8,10-12,15,17,21H,1,4-5,9,13-14,16H2,2H3,(H2,31,32,33)/t3*21-/m111/s1. The van der Waals surface area contributed by atoms with Gasteiger partial charge in [0.2, 0.25) is 17.7 Å². The number of aromatic nitrogens is 12. The van der Waals surface area contributed by atoms with Crippen molar-refractivity contribution < 1.29 is 41.9 Å². The van der Waals surface area contributed by atoms with Crippen LogP contribution in [0.5, 0.6) is 0 Å². The number of carbonyl (C=O) groups excluding carboxylic acids is 6. The lowest BCUT2D eigenvalue weighted by atomic mass is 9.99. The van der Waals surface area contributed by atoms with Crippen LogP contribution in [-0.2, 0) is 33.6 Å². The number of nitrogen functional groups attached to an aromatic ring is 3. The number of nitrogens with two attached hydrogens (primary N) is 3. The number of benzene rings is 6.